The summed E-state index contributed by atoms with van der Waals surface area (Å²) in [6.45, 7) is 10.6. The zero-order chi connectivity index (χ0) is 19.1. The molecule has 7 heteroatoms. The molecule has 2 aliphatic rings. The number of likely N-dealkylation sites (tertiary alicyclic amines) is 2. The molecule has 2 saturated heterocycles. The van der Waals surface area contributed by atoms with Gasteiger partial charge in [-0.1, -0.05) is 13.8 Å². The van der Waals surface area contributed by atoms with Crippen molar-refractivity contribution in [1.82, 2.24) is 15.1 Å². The van der Waals surface area contributed by atoms with Gasteiger partial charge in [0.2, 0.25) is 5.91 Å². The number of methoxy groups -OCH3 is 1. The highest BCUT2D eigenvalue weighted by Crippen LogP contribution is 2.24. The number of aliphatic imine (C=N–C) groups is 1. The van der Waals surface area contributed by atoms with E-state index in [2.05, 4.69) is 29.1 Å². The number of hydrogen-bond donors (Lipinski definition) is 1. The van der Waals surface area contributed by atoms with Crippen LogP contribution in [0.5, 0.6) is 0 Å². The summed E-state index contributed by atoms with van der Waals surface area (Å²) in [5.74, 6) is 1.51. The Balaban J connectivity index is 1.90. The van der Waals surface area contributed by atoms with E-state index < -0.39 is 0 Å². The zero-order valence-corrected chi connectivity index (χ0v) is 16.7. The minimum atomic E-state index is -0.162. The second-order valence-electron chi connectivity index (χ2n) is 7.58. The number of guanidine groups is 1. The standard InChI is InChI=1S/C19H34N4O3/c1-5-20-19(23-12-15(3)16(13-23)18(25)26-4)21-9-8-17(24)22-10-6-7-14(2)11-22/h14-16H,5-13H2,1-4H3,(H,20,21). The van der Waals surface area contributed by atoms with Gasteiger partial charge in [-0.2, -0.15) is 0 Å². The van der Waals surface area contributed by atoms with Gasteiger partial charge in [-0.3, -0.25) is 14.6 Å². The Labute approximate surface area is 157 Å². The average Bonchev–Trinajstić information content (AvgIpc) is 3.01. The number of ether oxygens (including phenoxy) is 1. The third kappa shape index (κ3) is 5.35. The molecule has 0 bridgehead atoms. The predicted molar refractivity (Wildman–Crippen MR) is 102 cm³/mol. The minimum Gasteiger partial charge on any atom is -0.469 e. The molecule has 2 fully saturated rings. The van der Waals surface area contributed by atoms with E-state index in [1.54, 1.807) is 0 Å². The highest BCUT2D eigenvalue weighted by molar-refractivity contribution is 5.83. The number of carbonyl (C=O) groups is 2. The van der Waals surface area contributed by atoms with E-state index in [4.69, 9.17) is 4.74 Å². The van der Waals surface area contributed by atoms with Crippen molar-refractivity contribution in [1.29, 1.82) is 0 Å². The van der Waals surface area contributed by atoms with E-state index in [9.17, 15) is 9.59 Å². The van der Waals surface area contributed by atoms with Crippen molar-refractivity contribution < 1.29 is 14.3 Å². The molecule has 2 aliphatic heterocycles. The molecule has 2 heterocycles. The Bertz CT molecular complexity index is 523. The van der Waals surface area contributed by atoms with Gasteiger partial charge in [0.1, 0.15) is 0 Å². The molecule has 0 aromatic heterocycles. The van der Waals surface area contributed by atoms with Crippen LogP contribution in [-0.2, 0) is 14.3 Å². The molecule has 0 aromatic rings. The van der Waals surface area contributed by atoms with Crippen molar-refractivity contribution in [3.63, 3.8) is 0 Å². The Morgan fingerprint density at radius 1 is 1.19 bits per heavy atom. The summed E-state index contributed by atoms with van der Waals surface area (Å²) in [5.41, 5.74) is 0. The maximum Gasteiger partial charge on any atom is 0.310 e. The molecule has 0 aromatic carbocycles. The van der Waals surface area contributed by atoms with E-state index in [0.29, 0.717) is 25.4 Å². The number of rotatable bonds is 5. The smallest absolute Gasteiger partial charge is 0.310 e. The van der Waals surface area contributed by atoms with E-state index in [0.717, 1.165) is 38.6 Å². The number of nitrogens with zero attached hydrogens (tertiary/aromatic N) is 3. The molecule has 3 unspecified atom stereocenters. The van der Waals surface area contributed by atoms with Crippen molar-refractivity contribution in [3.8, 4) is 0 Å². The number of esters is 1. The molecule has 1 N–H and O–H groups in total. The molecule has 0 saturated carbocycles. The third-order valence-corrected chi connectivity index (χ3v) is 5.35. The normalized spacial score (nSPS) is 26.8. The molecule has 0 spiro atoms. The number of piperidine rings is 1. The van der Waals surface area contributed by atoms with Crippen LogP contribution < -0.4 is 5.32 Å². The molecule has 0 aliphatic carbocycles. The van der Waals surface area contributed by atoms with Crippen LogP contribution in [0.25, 0.3) is 0 Å². The summed E-state index contributed by atoms with van der Waals surface area (Å²) >= 11 is 0. The van der Waals surface area contributed by atoms with Crippen LogP contribution >= 0.6 is 0 Å². The molecule has 0 radical (unpaired) electrons. The Morgan fingerprint density at radius 3 is 2.62 bits per heavy atom. The van der Waals surface area contributed by atoms with Gasteiger partial charge in [-0.15, -0.1) is 0 Å². The number of carbonyl (C=O) groups excluding carboxylic acids is 2. The van der Waals surface area contributed by atoms with E-state index in [1.807, 2.05) is 11.8 Å². The van der Waals surface area contributed by atoms with Gasteiger partial charge >= 0.3 is 5.97 Å². The first-order valence-corrected chi connectivity index (χ1v) is 9.85. The lowest BCUT2D eigenvalue weighted by Gasteiger charge is -2.31. The van der Waals surface area contributed by atoms with Crippen LogP contribution in [-0.4, -0.2) is 74.0 Å². The summed E-state index contributed by atoms with van der Waals surface area (Å²) in [6.07, 6.45) is 2.74. The topological polar surface area (TPSA) is 74.2 Å². The Kier molecular flexibility index (Phi) is 7.72. The largest absolute Gasteiger partial charge is 0.469 e. The molecular formula is C19H34N4O3. The number of nitrogens with one attached hydrogen (secondary N) is 1. The Hall–Kier alpha value is -1.79. The van der Waals surface area contributed by atoms with Crippen molar-refractivity contribution in [3.05, 3.63) is 0 Å². The molecule has 3 atom stereocenters. The lowest BCUT2D eigenvalue weighted by Crippen LogP contribution is -2.41. The van der Waals surface area contributed by atoms with Crippen LogP contribution in [0, 0.1) is 17.8 Å². The lowest BCUT2D eigenvalue weighted by molar-refractivity contribution is -0.146. The first kappa shape index (κ1) is 20.5. The van der Waals surface area contributed by atoms with Gasteiger partial charge in [-0.25, -0.2) is 0 Å². The fraction of sp³-hybridized carbons (Fsp3) is 0.842. The Morgan fingerprint density at radius 2 is 1.96 bits per heavy atom. The van der Waals surface area contributed by atoms with Gasteiger partial charge < -0.3 is 19.9 Å². The monoisotopic (exact) mass is 366 g/mol. The summed E-state index contributed by atoms with van der Waals surface area (Å²) in [5, 5.41) is 3.28. The van der Waals surface area contributed by atoms with Gasteiger partial charge in [0.05, 0.1) is 19.6 Å². The van der Waals surface area contributed by atoms with Gasteiger partial charge in [-0.05, 0) is 31.6 Å². The van der Waals surface area contributed by atoms with Crippen LogP contribution in [0.3, 0.4) is 0 Å². The van der Waals surface area contributed by atoms with E-state index in [-0.39, 0.29) is 23.7 Å². The molecule has 7 nitrogen and oxygen atoms in total. The number of hydrogen-bond acceptors (Lipinski definition) is 4. The zero-order valence-electron chi connectivity index (χ0n) is 16.7. The van der Waals surface area contributed by atoms with Crippen molar-refractivity contribution in [2.75, 3.05) is 46.4 Å². The first-order chi connectivity index (χ1) is 12.5. The SMILES string of the molecule is CCNC(=NCCC(=O)N1CCCC(C)C1)N1CC(C)C(C(=O)OC)C1. The fourth-order valence-corrected chi connectivity index (χ4v) is 3.86. The van der Waals surface area contributed by atoms with E-state index in [1.165, 1.54) is 13.5 Å². The summed E-state index contributed by atoms with van der Waals surface area (Å²) < 4.78 is 4.90. The second-order valence-corrected chi connectivity index (χ2v) is 7.58. The first-order valence-electron chi connectivity index (χ1n) is 9.85. The summed E-state index contributed by atoms with van der Waals surface area (Å²) in [7, 11) is 1.43. The predicted octanol–water partition coefficient (Wildman–Crippen LogP) is 1.34. The van der Waals surface area contributed by atoms with Gasteiger partial charge in [0.15, 0.2) is 5.96 Å². The lowest BCUT2D eigenvalue weighted by atomic mass is 9.99. The van der Waals surface area contributed by atoms with Crippen LogP contribution in [0.15, 0.2) is 4.99 Å². The quantitative estimate of drug-likeness (QED) is 0.452. The van der Waals surface area contributed by atoms with Crippen molar-refractivity contribution >= 4 is 17.8 Å². The molecule has 1 amide bonds. The average molecular weight is 367 g/mol. The van der Waals surface area contributed by atoms with Crippen LogP contribution in [0.1, 0.15) is 40.0 Å². The van der Waals surface area contributed by atoms with Crippen LogP contribution in [0.2, 0.25) is 0 Å². The maximum atomic E-state index is 12.4. The van der Waals surface area contributed by atoms with Crippen LogP contribution in [0.4, 0.5) is 0 Å². The van der Waals surface area contributed by atoms with Gasteiger partial charge in [0, 0.05) is 39.1 Å². The van der Waals surface area contributed by atoms with Crippen molar-refractivity contribution in [2.24, 2.45) is 22.7 Å². The van der Waals surface area contributed by atoms with E-state index >= 15 is 0 Å². The molecular weight excluding hydrogens is 332 g/mol. The highest BCUT2D eigenvalue weighted by atomic mass is 16.5. The second kappa shape index (κ2) is 9.78. The number of amides is 1. The summed E-state index contributed by atoms with van der Waals surface area (Å²) in [6, 6.07) is 0. The molecule has 2 rings (SSSR count). The minimum absolute atomic E-state index is 0.125. The molecule has 148 valence electrons. The van der Waals surface area contributed by atoms with Crippen molar-refractivity contribution in [2.45, 2.75) is 40.0 Å². The molecule has 26 heavy (non-hydrogen) atoms. The summed E-state index contributed by atoms with van der Waals surface area (Å²) in [4.78, 5) is 33.0. The fourth-order valence-electron chi connectivity index (χ4n) is 3.86. The maximum absolute atomic E-state index is 12.4. The highest BCUT2D eigenvalue weighted by Gasteiger charge is 2.36. The third-order valence-electron chi connectivity index (χ3n) is 5.35. The van der Waals surface area contributed by atoms with Gasteiger partial charge in [0.25, 0.3) is 0 Å².